The number of hydrogen-bond acceptors (Lipinski definition) is 7. The molecular weight excluding hydrogens is 713 g/mol. The molecule has 4 N–H and O–H groups in total. The number of nitrogens with zero attached hydrogens (tertiary/aromatic N) is 2. The fourth-order valence-electron chi connectivity index (χ4n) is 6.69. The lowest BCUT2D eigenvalue weighted by Crippen LogP contribution is -2.27. The smallest absolute Gasteiger partial charge is 0.295 e. The van der Waals surface area contributed by atoms with Gasteiger partial charge in [0.25, 0.3) is 20.2 Å². The number of hydrogen-bond donors (Lipinski definition) is 4. The minimum atomic E-state index is -4.47. The zero-order chi connectivity index (χ0) is 38.2. The van der Waals surface area contributed by atoms with Gasteiger partial charge in [0.05, 0.1) is 0 Å². The van der Waals surface area contributed by atoms with Crippen LogP contribution in [0.1, 0.15) is 55.0 Å². The molecule has 53 heavy (non-hydrogen) atoms. The molecule has 0 unspecified atom stereocenters. The first kappa shape index (κ1) is 39.5. The summed E-state index contributed by atoms with van der Waals surface area (Å²) in [4.78, 5) is 1.60. The fourth-order valence-corrected chi connectivity index (χ4v) is 8.10. The molecule has 1 aromatic heterocycles. The van der Waals surface area contributed by atoms with Crippen LogP contribution in [-0.4, -0.2) is 59.2 Å². The maximum Gasteiger partial charge on any atom is 0.295 e. The number of aromatic nitrogens is 1. The zero-order valence-corrected chi connectivity index (χ0v) is 31.5. The van der Waals surface area contributed by atoms with Gasteiger partial charge in [-0.2, -0.15) is 16.8 Å². The third-order valence-electron chi connectivity index (χ3n) is 9.30. The molecule has 12 heteroatoms. The van der Waals surface area contributed by atoms with E-state index in [0.717, 1.165) is 56.6 Å². The van der Waals surface area contributed by atoms with Gasteiger partial charge in [0.1, 0.15) is 21.3 Å². The van der Waals surface area contributed by atoms with Crippen molar-refractivity contribution in [3.05, 3.63) is 132 Å². The van der Waals surface area contributed by atoms with Crippen LogP contribution < -0.4 is 0 Å². The van der Waals surface area contributed by atoms with Crippen molar-refractivity contribution in [1.29, 1.82) is 0 Å². The molecular formula is C41H46N2O8S2. The molecule has 0 radical (unpaired) electrons. The van der Waals surface area contributed by atoms with Crippen LogP contribution in [0.4, 0.5) is 0 Å². The molecule has 0 saturated heterocycles. The molecule has 280 valence electrons. The highest BCUT2D eigenvalue weighted by Gasteiger charge is 2.22. The highest BCUT2D eigenvalue weighted by atomic mass is 32.2. The molecule has 2 heterocycles. The Balaban J connectivity index is 0.000000157. The second kappa shape index (κ2) is 17.4. The first-order valence-electron chi connectivity index (χ1n) is 17.6. The first-order valence-corrected chi connectivity index (χ1v) is 20.4. The molecule has 10 nitrogen and oxygen atoms in total. The summed E-state index contributed by atoms with van der Waals surface area (Å²) in [6.45, 7) is 5.37. The number of likely N-dealkylation sites (N-methyl/N-ethyl adjacent to an activating group) is 1. The zero-order valence-electron chi connectivity index (χ0n) is 29.9. The molecule has 0 saturated carbocycles. The third-order valence-corrected chi connectivity index (χ3v) is 11.1. The van der Waals surface area contributed by atoms with Gasteiger partial charge in [-0.1, -0.05) is 105 Å². The van der Waals surface area contributed by atoms with Crippen LogP contribution in [0.5, 0.6) is 11.5 Å². The fraction of sp³-hybridized carbons (Fsp3) is 0.268. The van der Waals surface area contributed by atoms with E-state index in [1.165, 1.54) is 77.3 Å². The molecule has 0 aliphatic carbocycles. The van der Waals surface area contributed by atoms with Gasteiger partial charge in [-0.05, 0) is 60.8 Å². The Labute approximate surface area is 311 Å². The summed E-state index contributed by atoms with van der Waals surface area (Å²) < 4.78 is 65.2. The van der Waals surface area contributed by atoms with Gasteiger partial charge in [0.15, 0.2) is 0 Å². The van der Waals surface area contributed by atoms with Crippen LogP contribution in [-0.2, 0) is 46.2 Å². The van der Waals surface area contributed by atoms with E-state index in [1.807, 2.05) is 0 Å². The molecule has 0 amide bonds. The predicted octanol–water partition coefficient (Wildman–Crippen LogP) is 8.23. The van der Waals surface area contributed by atoms with E-state index in [-0.39, 0.29) is 22.3 Å². The van der Waals surface area contributed by atoms with Crippen molar-refractivity contribution in [3.63, 3.8) is 0 Å². The maximum atomic E-state index is 11.2. The molecule has 1 aliphatic heterocycles. The van der Waals surface area contributed by atoms with Gasteiger partial charge >= 0.3 is 0 Å². The minimum absolute atomic E-state index is 0.0233. The number of unbranched alkanes of at least 4 members (excludes halogenated alkanes) is 3. The van der Waals surface area contributed by atoms with E-state index in [2.05, 4.69) is 78.0 Å². The summed E-state index contributed by atoms with van der Waals surface area (Å²) in [5, 5.41) is 20.0. The topological polar surface area (TPSA) is 157 Å². The monoisotopic (exact) mass is 758 g/mol. The summed E-state index contributed by atoms with van der Waals surface area (Å²) >= 11 is 0. The Morgan fingerprint density at radius 1 is 0.679 bits per heavy atom. The SMILES string of the molecule is CCCCCCc1ccc(O)cc1O.CN1CCc2c(c3ccccc3n2Cc2ccccc2)C1.O=S(=O)(O)c1cccc2c(S(=O)(=O)O)cccc12. The summed E-state index contributed by atoms with van der Waals surface area (Å²) in [7, 11) is -6.72. The number of phenols is 2. The van der Waals surface area contributed by atoms with Gasteiger partial charge in [-0.25, -0.2) is 0 Å². The number of aryl methyl sites for hydroxylation is 1. The molecule has 1 aliphatic rings. The van der Waals surface area contributed by atoms with E-state index in [9.17, 15) is 21.9 Å². The quantitative estimate of drug-likeness (QED) is 0.0842. The molecule has 0 atom stereocenters. The Hall–Kier alpha value is -4.72. The Kier molecular flexibility index (Phi) is 13.0. The lowest BCUT2D eigenvalue weighted by atomic mass is 10.1. The summed E-state index contributed by atoms with van der Waals surface area (Å²) in [6, 6.07) is 31.9. The van der Waals surface area contributed by atoms with Crippen molar-refractivity contribution in [2.24, 2.45) is 0 Å². The summed E-state index contributed by atoms with van der Waals surface area (Å²) in [5.74, 6) is 0.335. The number of fused-ring (bicyclic) bond motifs is 4. The van der Waals surface area contributed by atoms with Crippen LogP contribution in [0.15, 0.2) is 119 Å². The van der Waals surface area contributed by atoms with E-state index in [4.69, 9.17) is 14.2 Å². The van der Waals surface area contributed by atoms with Crippen molar-refractivity contribution < 1.29 is 36.2 Å². The van der Waals surface area contributed by atoms with E-state index < -0.39 is 30.0 Å². The van der Waals surface area contributed by atoms with E-state index >= 15 is 0 Å². The van der Waals surface area contributed by atoms with Crippen LogP contribution in [0, 0.1) is 0 Å². The van der Waals surface area contributed by atoms with Gasteiger partial charge in [-0.3, -0.25) is 9.11 Å². The number of phenolic OH excluding ortho intramolecular Hbond substituents is 2. The van der Waals surface area contributed by atoms with E-state index in [1.54, 1.807) is 12.1 Å². The van der Waals surface area contributed by atoms with Crippen LogP contribution in [0.3, 0.4) is 0 Å². The molecule has 0 bridgehead atoms. The number of aromatic hydroxyl groups is 2. The van der Waals surface area contributed by atoms with Crippen molar-refractivity contribution >= 4 is 41.9 Å². The van der Waals surface area contributed by atoms with E-state index in [0.29, 0.717) is 0 Å². The largest absolute Gasteiger partial charge is 0.508 e. The highest BCUT2D eigenvalue weighted by molar-refractivity contribution is 7.86. The van der Waals surface area contributed by atoms with Crippen molar-refractivity contribution in [1.82, 2.24) is 9.47 Å². The highest BCUT2D eigenvalue weighted by Crippen LogP contribution is 2.32. The molecule has 5 aromatic carbocycles. The summed E-state index contributed by atoms with van der Waals surface area (Å²) in [5.41, 5.74) is 6.73. The average molecular weight is 759 g/mol. The van der Waals surface area contributed by atoms with Crippen molar-refractivity contribution in [2.45, 2.75) is 68.3 Å². The Morgan fingerprint density at radius 3 is 1.89 bits per heavy atom. The van der Waals surface area contributed by atoms with Crippen molar-refractivity contribution in [2.75, 3.05) is 13.6 Å². The van der Waals surface area contributed by atoms with Crippen molar-refractivity contribution in [3.8, 4) is 11.5 Å². The van der Waals surface area contributed by atoms with Gasteiger partial charge < -0.3 is 19.7 Å². The molecule has 6 aromatic rings. The van der Waals surface area contributed by atoms with Crippen LogP contribution in [0.25, 0.3) is 21.7 Å². The molecule has 0 spiro atoms. The van der Waals surface area contributed by atoms with Gasteiger partial charge in [0, 0.05) is 59.5 Å². The summed E-state index contributed by atoms with van der Waals surface area (Å²) in [6.07, 6.45) is 6.82. The molecule has 0 fully saturated rings. The normalized spacial score (nSPS) is 13.1. The Bertz CT molecular complexity index is 2320. The number of benzene rings is 5. The second-order valence-corrected chi connectivity index (χ2v) is 16.0. The third kappa shape index (κ3) is 10.0. The number of rotatable bonds is 9. The maximum absolute atomic E-state index is 11.2. The van der Waals surface area contributed by atoms with Gasteiger partial charge in [0.2, 0.25) is 0 Å². The molecule has 7 rings (SSSR count). The van der Waals surface area contributed by atoms with Gasteiger partial charge in [-0.15, -0.1) is 0 Å². The lowest BCUT2D eigenvalue weighted by Gasteiger charge is -2.24. The second-order valence-electron chi connectivity index (χ2n) is 13.2. The predicted molar refractivity (Wildman–Crippen MR) is 209 cm³/mol. The average Bonchev–Trinajstić information content (AvgIpc) is 3.42. The lowest BCUT2D eigenvalue weighted by molar-refractivity contribution is 0.310. The first-order chi connectivity index (χ1) is 25.3. The van der Waals surface area contributed by atoms with Crippen LogP contribution in [0.2, 0.25) is 0 Å². The van der Waals surface area contributed by atoms with Crippen LogP contribution >= 0.6 is 0 Å². The number of para-hydroxylation sites is 1. The standard InChI is InChI=1S/C19H20N2.C12H18O2.C10H8O6S2/c1-20-12-11-19-17(14-20)16-9-5-6-10-18(16)21(19)13-15-7-3-2-4-8-15;1-2-3-4-5-6-10-7-8-11(13)9-12(10)14;11-17(12,13)9-5-1-3-7-8(9)4-2-6-10(7)18(14,15)16/h2-10H,11-14H2,1H3;7-9,13-14H,2-6H2,1H3;1-6H,(H,11,12,13)(H,14,15,16). The Morgan fingerprint density at radius 2 is 1.28 bits per heavy atom. The minimum Gasteiger partial charge on any atom is -0.508 e.